The molecule has 0 aromatic heterocycles. The molecule has 1 aromatic carbocycles. The first kappa shape index (κ1) is 15.6. The van der Waals surface area contributed by atoms with Crippen LogP contribution < -0.4 is 4.74 Å². The summed E-state index contributed by atoms with van der Waals surface area (Å²) in [7, 11) is 0. The van der Waals surface area contributed by atoms with Crippen LogP contribution in [0.15, 0.2) is 28.4 Å². The molecule has 0 spiro atoms. The van der Waals surface area contributed by atoms with Crippen LogP contribution in [0.4, 0.5) is 8.78 Å². The SMILES string of the molecule is CC(C)/C(=C/c1cc(Br)ccc1OC(F)F)[N+](=O)[O-]. The van der Waals surface area contributed by atoms with Crippen molar-refractivity contribution in [3.63, 3.8) is 0 Å². The molecule has 0 bridgehead atoms. The lowest BCUT2D eigenvalue weighted by atomic mass is 10.1. The van der Waals surface area contributed by atoms with Crippen molar-refractivity contribution in [1.29, 1.82) is 0 Å². The summed E-state index contributed by atoms with van der Waals surface area (Å²) in [6.45, 7) is 0.326. The lowest BCUT2D eigenvalue weighted by molar-refractivity contribution is -0.431. The van der Waals surface area contributed by atoms with Crippen molar-refractivity contribution in [2.24, 2.45) is 5.92 Å². The van der Waals surface area contributed by atoms with Crippen LogP contribution in [-0.2, 0) is 0 Å². The van der Waals surface area contributed by atoms with E-state index in [2.05, 4.69) is 20.7 Å². The largest absolute Gasteiger partial charge is 0.434 e. The number of rotatable bonds is 5. The fourth-order valence-corrected chi connectivity index (χ4v) is 1.80. The first-order valence-corrected chi connectivity index (χ1v) is 6.21. The maximum Gasteiger partial charge on any atom is 0.387 e. The summed E-state index contributed by atoms with van der Waals surface area (Å²) in [6.07, 6.45) is 1.24. The highest BCUT2D eigenvalue weighted by molar-refractivity contribution is 9.10. The lowest BCUT2D eigenvalue weighted by Crippen LogP contribution is -2.07. The summed E-state index contributed by atoms with van der Waals surface area (Å²) >= 11 is 3.18. The van der Waals surface area contributed by atoms with Gasteiger partial charge in [0.1, 0.15) is 5.75 Å². The molecule has 19 heavy (non-hydrogen) atoms. The van der Waals surface area contributed by atoms with Crippen molar-refractivity contribution in [1.82, 2.24) is 0 Å². The van der Waals surface area contributed by atoms with Gasteiger partial charge >= 0.3 is 6.61 Å². The van der Waals surface area contributed by atoms with Crippen LogP contribution in [0.25, 0.3) is 6.08 Å². The molecule has 0 atom stereocenters. The molecule has 0 N–H and O–H groups in total. The van der Waals surface area contributed by atoms with Crippen molar-refractivity contribution in [2.45, 2.75) is 20.5 Å². The Labute approximate surface area is 117 Å². The molecule has 0 saturated heterocycles. The van der Waals surface area contributed by atoms with Gasteiger partial charge in [-0.1, -0.05) is 29.8 Å². The quantitative estimate of drug-likeness (QED) is 0.594. The number of halogens is 3. The minimum absolute atomic E-state index is 0.0720. The summed E-state index contributed by atoms with van der Waals surface area (Å²) in [6, 6.07) is 4.35. The van der Waals surface area contributed by atoms with E-state index in [1.165, 1.54) is 24.3 Å². The van der Waals surface area contributed by atoms with Crippen LogP contribution in [0.5, 0.6) is 5.75 Å². The molecule has 0 aliphatic heterocycles. The second-order valence-electron chi connectivity index (χ2n) is 4.04. The molecule has 1 aromatic rings. The van der Waals surface area contributed by atoms with Crippen LogP contribution >= 0.6 is 15.9 Å². The number of hydrogen-bond donors (Lipinski definition) is 0. The normalized spacial score (nSPS) is 12.1. The van der Waals surface area contributed by atoms with Gasteiger partial charge in [-0.05, 0) is 18.2 Å². The van der Waals surface area contributed by atoms with Gasteiger partial charge in [0.05, 0.1) is 4.92 Å². The number of benzene rings is 1. The average molecular weight is 336 g/mol. The molecule has 4 nitrogen and oxygen atoms in total. The van der Waals surface area contributed by atoms with Gasteiger partial charge in [-0.15, -0.1) is 0 Å². The fraction of sp³-hybridized carbons (Fsp3) is 0.333. The Balaban J connectivity index is 3.27. The van der Waals surface area contributed by atoms with Gasteiger partial charge in [0.2, 0.25) is 5.70 Å². The molecule has 0 fully saturated rings. The first-order valence-electron chi connectivity index (χ1n) is 5.41. The smallest absolute Gasteiger partial charge is 0.387 e. The Hall–Kier alpha value is -1.50. The molecule has 0 amide bonds. The molecule has 104 valence electrons. The highest BCUT2D eigenvalue weighted by Gasteiger charge is 2.18. The molecule has 0 radical (unpaired) electrons. The number of alkyl halides is 2. The highest BCUT2D eigenvalue weighted by atomic mass is 79.9. The lowest BCUT2D eigenvalue weighted by Gasteiger charge is -2.09. The van der Waals surface area contributed by atoms with Gasteiger partial charge < -0.3 is 4.74 Å². The number of ether oxygens (including phenoxy) is 1. The maximum atomic E-state index is 12.3. The molecule has 0 saturated carbocycles. The zero-order valence-corrected chi connectivity index (χ0v) is 11.9. The maximum absolute atomic E-state index is 12.3. The third kappa shape index (κ3) is 4.59. The van der Waals surface area contributed by atoms with E-state index in [9.17, 15) is 18.9 Å². The molecule has 1 rings (SSSR count). The third-order valence-corrected chi connectivity index (χ3v) is 2.79. The number of allylic oxidation sites excluding steroid dienone is 1. The van der Waals surface area contributed by atoms with Gasteiger partial charge in [0.25, 0.3) is 0 Å². The van der Waals surface area contributed by atoms with Gasteiger partial charge in [0.15, 0.2) is 0 Å². The van der Waals surface area contributed by atoms with Gasteiger partial charge in [-0.2, -0.15) is 8.78 Å². The van der Waals surface area contributed by atoms with Crippen LogP contribution in [0.1, 0.15) is 19.4 Å². The van der Waals surface area contributed by atoms with Crippen molar-refractivity contribution < 1.29 is 18.4 Å². The fourth-order valence-electron chi connectivity index (χ4n) is 1.42. The standard InChI is InChI=1S/C12H12BrF2NO3/c1-7(2)10(16(17)18)6-8-5-9(13)3-4-11(8)19-12(14)15/h3-7,12H,1-2H3/b10-6-. The van der Waals surface area contributed by atoms with E-state index in [1.807, 2.05) is 0 Å². The minimum Gasteiger partial charge on any atom is -0.434 e. The Morgan fingerprint density at radius 3 is 2.58 bits per heavy atom. The van der Waals surface area contributed by atoms with Crippen molar-refractivity contribution in [3.05, 3.63) is 44.0 Å². The molecule has 0 heterocycles. The molecule has 0 aliphatic rings. The summed E-state index contributed by atoms with van der Waals surface area (Å²) in [5.74, 6) is -0.438. The first-order chi connectivity index (χ1) is 8.81. The topological polar surface area (TPSA) is 52.4 Å². The van der Waals surface area contributed by atoms with E-state index >= 15 is 0 Å². The van der Waals surface area contributed by atoms with Crippen LogP contribution in [0, 0.1) is 16.0 Å². The zero-order chi connectivity index (χ0) is 14.6. The van der Waals surface area contributed by atoms with Crippen LogP contribution in [0.2, 0.25) is 0 Å². The summed E-state index contributed by atoms with van der Waals surface area (Å²) in [5.41, 5.74) is 0.160. The number of hydrogen-bond acceptors (Lipinski definition) is 3. The van der Waals surface area contributed by atoms with E-state index in [0.717, 1.165) is 0 Å². The zero-order valence-electron chi connectivity index (χ0n) is 10.3. The second kappa shape index (κ2) is 6.60. The Kier molecular flexibility index (Phi) is 5.41. The van der Waals surface area contributed by atoms with E-state index < -0.39 is 11.5 Å². The average Bonchev–Trinajstić information content (AvgIpc) is 2.27. The van der Waals surface area contributed by atoms with Gasteiger partial charge in [-0.25, -0.2) is 0 Å². The third-order valence-electron chi connectivity index (χ3n) is 2.29. The monoisotopic (exact) mass is 335 g/mol. The molecule has 0 unspecified atom stereocenters. The van der Waals surface area contributed by atoms with Crippen LogP contribution in [-0.4, -0.2) is 11.5 Å². The summed E-state index contributed by atoms with van der Waals surface area (Å²) in [4.78, 5) is 10.4. The Bertz CT molecular complexity index is 504. The van der Waals surface area contributed by atoms with E-state index in [4.69, 9.17) is 0 Å². The predicted molar refractivity (Wildman–Crippen MR) is 70.6 cm³/mol. The van der Waals surface area contributed by atoms with Gasteiger partial charge in [0, 0.05) is 22.0 Å². The Morgan fingerprint density at radius 2 is 2.11 bits per heavy atom. The van der Waals surface area contributed by atoms with Crippen molar-refractivity contribution >= 4 is 22.0 Å². The molecular formula is C12H12BrF2NO3. The van der Waals surface area contributed by atoms with Crippen molar-refractivity contribution in [2.75, 3.05) is 0 Å². The van der Waals surface area contributed by atoms with Crippen molar-refractivity contribution in [3.8, 4) is 5.75 Å². The molecule has 0 aliphatic carbocycles. The van der Waals surface area contributed by atoms with E-state index in [-0.39, 0.29) is 22.9 Å². The summed E-state index contributed by atoms with van der Waals surface area (Å²) in [5, 5.41) is 10.9. The molecular weight excluding hydrogens is 324 g/mol. The number of nitro groups is 1. The van der Waals surface area contributed by atoms with Crippen LogP contribution in [0.3, 0.4) is 0 Å². The van der Waals surface area contributed by atoms with E-state index in [1.54, 1.807) is 13.8 Å². The Morgan fingerprint density at radius 1 is 1.47 bits per heavy atom. The van der Waals surface area contributed by atoms with Gasteiger partial charge in [-0.3, -0.25) is 10.1 Å². The summed E-state index contributed by atoms with van der Waals surface area (Å²) < 4.78 is 29.5. The predicted octanol–water partition coefficient (Wildman–Crippen LogP) is 4.32. The minimum atomic E-state index is -2.98. The highest BCUT2D eigenvalue weighted by Crippen LogP contribution is 2.28. The van der Waals surface area contributed by atoms with E-state index in [0.29, 0.717) is 4.47 Å². The molecule has 7 heteroatoms. The number of nitrogens with zero attached hydrogens (tertiary/aromatic N) is 1. The second-order valence-corrected chi connectivity index (χ2v) is 4.96.